The van der Waals surface area contributed by atoms with Gasteiger partial charge >= 0.3 is 0 Å². The summed E-state index contributed by atoms with van der Waals surface area (Å²) in [5.74, 6) is 0.251. The van der Waals surface area contributed by atoms with Gasteiger partial charge in [-0.1, -0.05) is 29.8 Å². The first-order chi connectivity index (χ1) is 8.97. The molecule has 2 nitrogen and oxygen atoms in total. The second-order valence-corrected chi connectivity index (χ2v) is 5.20. The minimum absolute atomic E-state index is 0.251. The predicted molar refractivity (Wildman–Crippen MR) is 77.4 cm³/mol. The third-order valence-corrected chi connectivity index (χ3v) is 3.44. The van der Waals surface area contributed by atoms with Crippen LogP contribution in [0.15, 0.2) is 36.4 Å². The first-order valence-electron chi connectivity index (χ1n) is 6.51. The number of aliphatic hydroxyl groups excluding tert-OH is 1. The molecule has 0 saturated heterocycles. The highest BCUT2D eigenvalue weighted by atomic mass is 16.3. The highest BCUT2D eigenvalue weighted by Crippen LogP contribution is 2.26. The van der Waals surface area contributed by atoms with E-state index in [1.165, 1.54) is 5.56 Å². The molecule has 0 amide bonds. The summed E-state index contributed by atoms with van der Waals surface area (Å²) in [6.45, 7) is 6.14. The van der Waals surface area contributed by atoms with Gasteiger partial charge in [-0.2, -0.15) is 0 Å². The molecule has 0 aromatic heterocycles. The molecule has 2 N–H and O–H groups in total. The molecule has 2 aromatic carbocycles. The molecule has 100 valence electrons. The van der Waals surface area contributed by atoms with Crippen molar-refractivity contribution in [3.8, 4) is 5.75 Å². The standard InChI is InChI=1S/C17H20O2/c1-11-8-12(2)17(13(3)9-11)16(19)10-14-4-6-15(18)7-5-14/h4-9,16,18-19H,10H2,1-3H3. The maximum Gasteiger partial charge on any atom is 0.115 e. The number of aryl methyl sites for hydroxylation is 3. The average Bonchev–Trinajstić information content (AvgIpc) is 2.30. The number of phenols is 1. The summed E-state index contributed by atoms with van der Waals surface area (Å²) in [5.41, 5.74) is 5.51. The summed E-state index contributed by atoms with van der Waals surface area (Å²) in [6, 6.07) is 11.2. The van der Waals surface area contributed by atoms with E-state index in [1.54, 1.807) is 12.1 Å². The molecule has 0 aliphatic carbocycles. The van der Waals surface area contributed by atoms with Crippen LogP contribution >= 0.6 is 0 Å². The van der Waals surface area contributed by atoms with Crippen molar-refractivity contribution in [2.24, 2.45) is 0 Å². The van der Waals surface area contributed by atoms with E-state index in [0.717, 1.165) is 22.3 Å². The summed E-state index contributed by atoms with van der Waals surface area (Å²) < 4.78 is 0. The highest BCUT2D eigenvalue weighted by Gasteiger charge is 2.14. The molecule has 0 bridgehead atoms. The average molecular weight is 256 g/mol. The van der Waals surface area contributed by atoms with Crippen molar-refractivity contribution in [2.75, 3.05) is 0 Å². The quantitative estimate of drug-likeness (QED) is 0.881. The van der Waals surface area contributed by atoms with Gasteiger partial charge < -0.3 is 10.2 Å². The van der Waals surface area contributed by atoms with E-state index >= 15 is 0 Å². The minimum Gasteiger partial charge on any atom is -0.508 e. The smallest absolute Gasteiger partial charge is 0.115 e. The van der Waals surface area contributed by atoms with Crippen molar-refractivity contribution in [1.82, 2.24) is 0 Å². The minimum atomic E-state index is -0.509. The molecule has 0 saturated carbocycles. The second kappa shape index (κ2) is 5.45. The third-order valence-electron chi connectivity index (χ3n) is 3.44. The van der Waals surface area contributed by atoms with Gasteiger partial charge in [-0.25, -0.2) is 0 Å². The first kappa shape index (κ1) is 13.6. The van der Waals surface area contributed by atoms with Crippen molar-refractivity contribution in [2.45, 2.75) is 33.3 Å². The Morgan fingerprint density at radius 2 is 1.47 bits per heavy atom. The normalized spacial score (nSPS) is 12.4. The number of phenolic OH excluding ortho intramolecular Hbond substituents is 1. The largest absolute Gasteiger partial charge is 0.508 e. The number of benzene rings is 2. The fraction of sp³-hybridized carbons (Fsp3) is 0.294. The van der Waals surface area contributed by atoms with E-state index in [9.17, 15) is 10.2 Å². The van der Waals surface area contributed by atoms with E-state index in [4.69, 9.17) is 0 Å². The van der Waals surface area contributed by atoms with E-state index in [0.29, 0.717) is 6.42 Å². The van der Waals surface area contributed by atoms with Gasteiger partial charge in [0.15, 0.2) is 0 Å². The van der Waals surface area contributed by atoms with Gasteiger partial charge in [0.05, 0.1) is 6.10 Å². The van der Waals surface area contributed by atoms with Gasteiger partial charge in [-0.3, -0.25) is 0 Å². The molecule has 19 heavy (non-hydrogen) atoms. The van der Waals surface area contributed by atoms with Crippen molar-refractivity contribution in [3.63, 3.8) is 0 Å². The number of hydrogen-bond donors (Lipinski definition) is 2. The zero-order valence-electron chi connectivity index (χ0n) is 11.6. The summed E-state index contributed by atoms with van der Waals surface area (Å²) in [4.78, 5) is 0. The monoisotopic (exact) mass is 256 g/mol. The topological polar surface area (TPSA) is 40.5 Å². The Labute approximate surface area is 114 Å². The predicted octanol–water partition coefficient (Wildman–Crippen LogP) is 3.59. The molecule has 0 aliphatic heterocycles. The SMILES string of the molecule is Cc1cc(C)c(C(O)Cc2ccc(O)cc2)c(C)c1. The van der Waals surface area contributed by atoms with E-state index in [1.807, 2.05) is 26.0 Å². The molecule has 0 heterocycles. The van der Waals surface area contributed by atoms with Crippen LogP contribution in [0.1, 0.15) is 33.9 Å². The highest BCUT2D eigenvalue weighted by molar-refractivity contribution is 5.40. The Hall–Kier alpha value is -1.80. The first-order valence-corrected chi connectivity index (χ1v) is 6.51. The molecule has 1 atom stereocenters. The lowest BCUT2D eigenvalue weighted by Gasteiger charge is -2.17. The lowest BCUT2D eigenvalue weighted by atomic mass is 9.92. The maximum atomic E-state index is 10.4. The van der Waals surface area contributed by atoms with Crippen molar-refractivity contribution in [3.05, 3.63) is 64.2 Å². The Morgan fingerprint density at radius 1 is 0.947 bits per heavy atom. The summed E-state index contributed by atoms with van der Waals surface area (Å²) in [7, 11) is 0. The van der Waals surface area contributed by atoms with Crippen LogP contribution in [0.4, 0.5) is 0 Å². The lowest BCUT2D eigenvalue weighted by molar-refractivity contribution is 0.177. The van der Waals surface area contributed by atoms with Gasteiger partial charge in [0.25, 0.3) is 0 Å². The van der Waals surface area contributed by atoms with Crippen LogP contribution in [0.5, 0.6) is 5.75 Å². The number of aliphatic hydroxyl groups is 1. The molecular weight excluding hydrogens is 236 g/mol. The Balaban J connectivity index is 2.25. The zero-order valence-corrected chi connectivity index (χ0v) is 11.6. The molecule has 2 heteroatoms. The molecule has 1 unspecified atom stereocenters. The van der Waals surface area contributed by atoms with Gasteiger partial charge in [-0.15, -0.1) is 0 Å². The fourth-order valence-corrected chi connectivity index (χ4v) is 2.67. The molecule has 0 aliphatic rings. The van der Waals surface area contributed by atoms with Crippen LogP contribution in [0.2, 0.25) is 0 Å². The van der Waals surface area contributed by atoms with E-state index in [-0.39, 0.29) is 5.75 Å². The van der Waals surface area contributed by atoms with Gasteiger partial charge in [0.1, 0.15) is 5.75 Å². The molecule has 0 fully saturated rings. The molecule has 0 spiro atoms. The lowest BCUT2D eigenvalue weighted by Crippen LogP contribution is -2.06. The Morgan fingerprint density at radius 3 is 2.00 bits per heavy atom. The number of rotatable bonds is 3. The van der Waals surface area contributed by atoms with Crippen LogP contribution in [0, 0.1) is 20.8 Å². The fourth-order valence-electron chi connectivity index (χ4n) is 2.67. The van der Waals surface area contributed by atoms with E-state index in [2.05, 4.69) is 19.1 Å². The van der Waals surface area contributed by atoms with Crippen LogP contribution in [0.25, 0.3) is 0 Å². The molecule has 2 aromatic rings. The molecular formula is C17H20O2. The molecule has 2 rings (SSSR count). The Bertz CT molecular complexity index is 547. The van der Waals surface area contributed by atoms with Gasteiger partial charge in [-0.05, 0) is 55.2 Å². The molecule has 0 radical (unpaired) electrons. The van der Waals surface area contributed by atoms with Crippen LogP contribution < -0.4 is 0 Å². The Kier molecular flexibility index (Phi) is 3.91. The van der Waals surface area contributed by atoms with E-state index < -0.39 is 6.10 Å². The summed E-state index contributed by atoms with van der Waals surface area (Å²) in [6.07, 6.45) is 0.0514. The van der Waals surface area contributed by atoms with Crippen LogP contribution in [-0.2, 0) is 6.42 Å². The summed E-state index contributed by atoms with van der Waals surface area (Å²) >= 11 is 0. The summed E-state index contributed by atoms with van der Waals surface area (Å²) in [5, 5.41) is 19.7. The second-order valence-electron chi connectivity index (χ2n) is 5.20. The van der Waals surface area contributed by atoms with Crippen molar-refractivity contribution in [1.29, 1.82) is 0 Å². The van der Waals surface area contributed by atoms with Crippen molar-refractivity contribution >= 4 is 0 Å². The van der Waals surface area contributed by atoms with Gasteiger partial charge in [0, 0.05) is 6.42 Å². The van der Waals surface area contributed by atoms with Crippen LogP contribution in [-0.4, -0.2) is 10.2 Å². The van der Waals surface area contributed by atoms with Crippen LogP contribution in [0.3, 0.4) is 0 Å². The maximum absolute atomic E-state index is 10.4. The van der Waals surface area contributed by atoms with Crippen molar-refractivity contribution < 1.29 is 10.2 Å². The number of hydrogen-bond acceptors (Lipinski definition) is 2. The number of aromatic hydroxyl groups is 1. The zero-order chi connectivity index (χ0) is 14.0. The third kappa shape index (κ3) is 3.15. The van der Waals surface area contributed by atoms with Gasteiger partial charge in [0.2, 0.25) is 0 Å².